The summed E-state index contributed by atoms with van der Waals surface area (Å²) >= 11 is 2.26. The van der Waals surface area contributed by atoms with E-state index in [0.717, 1.165) is 17.9 Å². The van der Waals surface area contributed by atoms with Gasteiger partial charge in [-0.3, -0.25) is 0 Å². The number of benzene rings is 1. The molecule has 1 aromatic carbocycles. The van der Waals surface area contributed by atoms with Crippen LogP contribution >= 0.6 is 22.6 Å². The van der Waals surface area contributed by atoms with Crippen LogP contribution in [0.5, 0.6) is 5.75 Å². The molecule has 0 bridgehead atoms. The molecule has 14 heavy (non-hydrogen) atoms. The van der Waals surface area contributed by atoms with Gasteiger partial charge in [-0.2, -0.15) is 0 Å². The zero-order chi connectivity index (χ0) is 10.4. The maximum absolute atomic E-state index is 5.56. The molecule has 1 aromatic rings. The number of hydrogen-bond acceptors (Lipinski definition) is 2. The molecule has 0 unspecified atom stereocenters. The van der Waals surface area contributed by atoms with Gasteiger partial charge in [0.2, 0.25) is 0 Å². The molecule has 0 saturated heterocycles. The molecular formula is C11H14INO. The van der Waals surface area contributed by atoms with Crippen LogP contribution in [0.4, 0.5) is 0 Å². The van der Waals surface area contributed by atoms with Crippen molar-refractivity contribution < 1.29 is 4.74 Å². The molecule has 0 heterocycles. The van der Waals surface area contributed by atoms with E-state index >= 15 is 0 Å². The molecule has 2 nitrogen and oxygen atoms in total. The van der Waals surface area contributed by atoms with Gasteiger partial charge in [-0.15, -0.1) is 0 Å². The van der Waals surface area contributed by atoms with E-state index in [-0.39, 0.29) is 0 Å². The number of rotatable bonds is 5. The standard InChI is InChI=1S/C11H14INO/c1-9(7-13-2)8-14-11-5-3-4-10(12)6-11/h3-6,13H,1,7-8H2,2H3. The molecule has 0 radical (unpaired) electrons. The van der Waals surface area contributed by atoms with Crippen molar-refractivity contribution in [2.75, 3.05) is 20.2 Å². The summed E-state index contributed by atoms with van der Waals surface area (Å²) in [5, 5.41) is 3.03. The second-order valence-corrected chi connectivity index (χ2v) is 4.27. The van der Waals surface area contributed by atoms with E-state index in [1.54, 1.807) is 0 Å². The Morgan fingerprint density at radius 1 is 1.57 bits per heavy atom. The van der Waals surface area contributed by atoms with Gasteiger partial charge in [-0.05, 0) is 53.4 Å². The predicted molar refractivity (Wildman–Crippen MR) is 67.7 cm³/mol. The van der Waals surface area contributed by atoms with Crippen LogP contribution in [-0.4, -0.2) is 20.2 Å². The molecule has 0 aliphatic carbocycles. The first-order chi connectivity index (χ1) is 6.72. The lowest BCUT2D eigenvalue weighted by atomic mass is 10.3. The minimum absolute atomic E-state index is 0.570. The molecule has 0 saturated carbocycles. The molecular weight excluding hydrogens is 289 g/mol. The van der Waals surface area contributed by atoms with E-state index in [1.807, 2.05) is 31.3 Å². The van der Waals surface area contributed by atoms with E-state index in [1.165, 1.54) is 3.57 Å². The van der Waals surface area contributed by atoms with Gasteiger partial charge in [0, 0.05) is 10.1 Å². The van der Waals surface area contributed by atoms with Gasteiger partial charge in [0.05, 0.1) is 0 Å². The third kappa shape index (κ3) is 4.11. The van der Waals surface area contributed by atoms with Crippen molar-refractivity contribution in [1.82, 2.24) is 5.32 Å². The second-order valence-electron chi connectivity index (χ2n) is 3.03. The monoisotopic (exact) mass is 303 g/mol. The quantitative estimate of drug-likeness (QED) is 0.666. The van der Waals surface area contributed by atoms with Crippen molar-refractivity contribution in [3.63, 3.8) is 0 Å². The maximum Gasteiger partial charge on any atom is 0.120 e. The topological polar surface area (TPSA) is 21.3 Å². The van der Waals surface area contributed by atoms with Crippen molar-refractivity contribution in [3.8, 4) is 5.75 Å². The predicted octanol–water partition coefficient (Wildman–Crippen LogP) is 2.45. The summed E-state index contributed by atoms with van der Waals surface area (Å²) in [7, 11) is 1.90. The van der Waals surface area contributed by atoms with Gasteiger partial charge in [0.15, 0.2) is 0 Å². The van der Waals surface area contributed by atoms with Gasteiger partial charge < -0.3 is 10.1 Å². The van der Waals surface area contributed by atoms with Crippen LogP contribution in [0.15, 0.2) is 36.4 Å². The van der Waals surface area contributed by atoms with E-state index in [9.17, 15) is 0 Å². The van der Waals surface area contributed by atoms with Crippen molar-refractivity contribution in [1.29, 1.82) is 0 Å². The smallest absolute Gasteiger partial charge is 0.120 e. The summed E-state index contributed by atoms with van der Waals surface area (Å²) in [6.45, 7) is 5.26. The Balaban J connectivity index is 2.41. The Hall–Kier alpha value is -0.550. The van der Waals surface area contributed by atoms with Crippen LogP contribution in [0.25, 0.3) is 0 Å². The number of likely N-dealkylation sites (N-methyl/N-ethyl adjacent to an activating group) is 1. The molecule has 0 amide bonds. The first-order valence-corrected chi connectivity index (χ1v) is 5.50. The van der Waals surface area contributed by atoms with Gasteiger partial charge in [-0.25, -0.2) is 0 Å². The largest absolute Gasteiger partial charge is 0.489 e. The minimum Gasteiger partial charge on any atom is -0.489 e. The molecule has 0 aromatic heterocycles. The Morgan fingerprint density at radius 2 is 2.36 bits per heavy atom. The summed E-state index contributed by atoms with van der Waals surface area (Å²) in [6.07, 6.45) is 0. The SMILES string of the molecule is C=C(CNC)COc1cccc(I)c1. The summed E-state index contributed by atoms with van der Waals surface area (Å²) in [5.41, 5.74) is 1.05. The lowest BCUT2D eigenvalue weighted by Crippen LogP contribution is -2.14. The van der Waals surface area contributed by atoms with Gasteiger partial charge >= 0.3 is 0 Å². The number of halogens is 1. The molecule has 1 rings (SSSR count). The summed E-state index contributed by atoms with van der Waals surface area (Å²) in [6, 6.07) is 7.98. The van der Waals surface area contributed by atoms with E-state index in [0.29, 0.717) is 6.61 Å². The molecule has 0 atom stereocenters. The third-order valence-corrected chi connectivity index (χ3v) is 2.34. The van der Waals surface area contributed by atoms with Crippen LogP contribution in [0.1, 0.15) is 0 Å². The average Bonchev–Trinajstić information content (AvgIpc) is 2.15. The summed E-state index contributed by atoms with van der Waals surface area (Å²) < 4.78 is 6.74. The van der Waals surface area contributed by atoms with Crippen molar-refractivity contribution in [3.05, 3.63) is 40.0 Å². The highest BCUT2D eigenvalue weighted by atomic mass is 127. The van der Waals surface area contributed by atoms with Crippen LogP contribution in [0, 0.1) is 3.57 Å². The van der Waals surface area contributed by atoms with Crippen LogP contribution in [-0.2, 0) is 0 Å². The van der Waals surface area contributed by atoms with Crippen LogP contribution < -0.4 is 10.1 Å². The van der Waals surface area contributed by atoms with Crippen molar-refractivity contribution in [2.45, 2.75) is 0 Å². The molecule has 0 fully saturated rings. The van der Waals surface area contributed by atoms with Crippen molar-refractivity contribution in [2.24, 2.45) is 0 Å². The molecule has 76 valence electrons. The zero-order valence-electron chi connectivity index (χ0n) is 8.22. The summed E-state index contributed by atoms with van der Waals surface area (Å²) in [5.74, 6) is 0.897. The van der Waals surface area contributed by atoms with E-state index < -0.39 is 0 Å². The number of hydrogen-bond donors (Lipinski definition) is 1. The third-order valence-electron chi connectivity index (χ3n) is 1.67. The molecule has 3 heteroatoms. The fourth-order valence-electron chi connectivity index (χ4n) is 1.04. The van der Waals surface area contributed by atoms with E-state index in [2.05, 4.69) is 34.5 Å². The number of nitrogens with one attached hydrogen (secondary N) is 1. The lowest BCUT2D eigenvalue weighted by Gasteiger charge is -2.08. The molecule has 1 N–H and O–H groups in total. The fraction of sp³-hybridized carbons (Fsp3) is 0.273. The zero-order valence-corrected chi connectivity index (χ0v) is 10.4. The van der Waals surface area contributed by atoms with Gasteiger partial charge in [0.1, 0.15) is 12.4 Å². The van der Waals surface area contributed by atoms with Gasteiger partial charge in [0.25, 0.3) is 0 Å². The minimum atomic E-state index is 0.570. The first-order valence-electron chi connectivity index (χ1n) is 4.42. The maximum atomic E-state index is 5.56. The number of ether oxygens (including phenoxy) is 1. The highest BCUT2D eigenvalue weighted by Gasteiger charge is 1.96. The van der Waals surface area contributed by atoms with Crippen LogP contribution in [0.2, 0.25) is 0 Å². The Bertz CT molecular complexity index is 312. The Morgan fingerprint density at radius 3 is 3.00 bits per heavy atom. The second kappa shape index (κ2) is 6.03. The highest BCUT2D eigenvalue weighted by molar-refractivity contribution is 14.1. The Kier molecular flexibility index (Phi) is 4.97. The van der Waals surface area contributed by atoms with Gasteiger partial charge in [-0.1, -0.05) is 12.6 Å². The van der Waals surface area contributed by atoms with Crippen molar-refractivity contribution >= 4 is 22.6 Å². The molecule has 0 aliphatic heterocycles. The average molecular weight is 303 g/mol. The van der Waals surface area contributed by atoms with E-state index in [4.69, 9.17) is 4.74 Å². The lowest BCUT2D eigenvalue weighted by molar-refractivity contribution is 0.349. The highest BCUT2D eigenvalue weighted by Crippen LogP contribution is 2.15. The Labute approximate surface area is 98.5 Å². The normalized spacial score (nSPS) is 9.86. The van der Waals surface area contributed by atoms with Crippen LogP contribution in [0.3, 0.4) is 0 Å². The first kappa shape index (κ1) is 11.5. The molecule has 0 spiro atoms. The molecule has 0 aliphatic rings. The summed E-state index contributed by atoms with van der Waals surface area (Å²) in [4.78, 5) is 0. The fourth-order valence-corrected chi connectivity index (χ4v) is 1.56.